The second-order valence-electron chi connectivity index (χ2n) is 13.3. The van der Waals surface area contributed by atoms with E-state index in [1.807, 2.05) is 0 Å². The molecule has 0 aliphatic heterocycles. The molecule has 0 N–H and O–H groups in total. The average Bonchev–Trinajstić information content (AvgIpc) is 3.62. The van der Waals surface area contributed by atoms with Crippen molar-refractivity contribution in [1.82, 2.24) is 0 Å². The van der Waals surface area contributed by atoms with Crippen molar-refractivity contribution < 1.29 is 4.42 Å². The van der Waals surface area contributed by atoms with E-state index in [1.54, 1.807) is 0 Å². The van der Waals surface area contributed by atoms with Crippen LogP contribution < -0.4 is 4.90 Å². The van der Waals surface area contributed by atoms with Gasteiger partial charge < -0.3 is 9.32 Å². The van der Waals surface area contributed by atoms with Crippen LogP contribution in [0.25, 0.3) is 76.9 Å². The maximum atomic E-state index is 6.52. The summed E-state index contributed by atoms with van der Waals surface area (Å²) in [4.78, 5) is 2.38. The van der Waals surface area contributed by atoms with Gasteiger partial charge in [0.15, 0.2) is 0 Å². The number of anilines is 3. The molecule has 10 aromatic rings. The number of nitrogens with zero attached hydrogens (tertiary/aromatic N) is 1. The van der Waals surface area contributed by atoms with E-state index in [-0.39, 0.29) is 0 Å². The van der Waals surface area contributed by atoms with Crippen LogP contribution >= 0.6 is 0 Å². The van der Waals surface area contributed by atoms with Gasteiger partial charge in [0, 0.05) is 32.9 Å². The van der Waals surface area contributed by atoms with Crippen LogP contribution in [0.5, 0.6) is 0 Å². The topological polar surface area (TPSA) is 16.4 Å². The van der Waals surface area contributed by atoms with Crippen LogP contribution in [-0.4, -0.2) is 0 Å². The van der Waals surface area contributed by atoms with E-state index < -0.39 is 0 Å². The fourth-order valence-corrected chi connectivity index (χ4v) is 7.79. The summed E-state index contributed by atoms with van der Waals surface area (Å²) in [5, 5.41) is 7.02. The zero-order chi connectivity index (χ0) is 34.4. The predicted octanol–water partition coefficient (Wildman–Crippen LogP) is 14.4. The fraction of sp³-hybridized carbons (Fsp3) is 0. The first kappa shape index (κ1) is 30.0. The third-order valence-corrected chi connectivity index (χ3v) is 10.3. The van der Waals surface area contributed by atoms with E-state index in [1.165, 1.54) is 38.4 Å². The van der Waals surface area contributed by atoms with Gasteiger partial charge in [0.05, 0.1) is 5.69 Å². The molecule has 0 aliphatic rings. The van der Waals surface area contributed by atoms with Crippen LogP contribution in [0.4, 0.5) is 17.1 Å². The van der Waals surface area contributed by atoms with Crippen molar-refractivity contribution in [3.05, 3.63) is 200 Å². The normalized spacial score (nSPS) is 11.5. The van der Waals surface area contributed by atoms with Crippen molar-refractivity contribution in [3.63, 3.8) is 0 Å². The average molecular weight is 664 g/mol. The lowest BCUT2D eigenvalue weighted by Crippen LogP contribution is -2.10. The number of furan rings is 1. The van der Waals surface area contributed by atoms with E-state index in [9.17, 15) is 0 Å². The molecule has 2 nitrogen and oxygen atoms in total. The Kier molecular flexibility index (Phi) is 7.18. The van der Waals surface area contributed by atoms with E-state index in [4.69, 9.17) is 4.42 Å². The Morgan fingerprint density at radius 1 is 0.327 bits per heavy atom. The number of fused-ring (bicyclic) bond motifs is 6. The Hall–Kier alpha value is -6.90. The van der Waals surface area contributed by atoms with Crippen molar-refractivity contribution >= 4 is 60.5 Å². The van der Waals surface area contributed by atoms with E-state index >= 15 is 0 Å². The molecule has 0 unspecified atom stereocenters. The molecule has 0 amide bonds. The third-order valence-electron chi connectivity index (χ3n) is 10.3. The van der Waals surface area contributed by atoms with Gasteiger partial charge >= 0.3 is 0 Å². The molecule has 1 heterocycles. The van der Waals surface area contributed by atoms with E-state index in [0.29, 0.717) is 0 Å². The molecular formula is C50H33NO. The molecule has 9 aromatic carbocycles. The van der Waals surface area contributed by atoms with Gasteiger partial charge in [-0.2, -0.15) is 0 Å². The molecular weight excluding hydrogens is 631 g/mol. The highest BCUT2D eigenvalue weighted by molar-refractivity contribution is 6.19. The van der Waals surface area contributed by atoms with Gasteiger partial charge in [-0.3, -0.25) is 0 Å². The second-order valence-corrected chi connectivity index (χ2v) is 13.3. The van der Waals surface area contributed by atoms with E-state index in [2.05, 4.69) is 205 Å². The third kappa shape index (κ3) is 5.04. The molecule has 1 aromatic heterocycles. The van der Waals surface area contributed by atoms with Crippen LogP contribution in [0.15, 0.2) is 205 Å². The van der Waals surface area contributed by atoms with Gasteiger partial charge in [0.1, 0.15) is 11.2 Å². The monoisotopic (exact) mass is 663 g/mol. The van der Waals surface area contributed by atoms with Gasteiger partial charge in [0.25, 0.3) is 0 Å². The minimum absolute atomic E-state index is 0.901. The van der Waals surface area contributed by atoms with Crippen LogP contribution in [0.1, 0.15) is 0 Å². The summed E-state index contributed by atoms with van der Waals surface area (Å²) in [5.74, 6) is 0. The molecule has 244 valence electrons. The standard InChI is InChI=1S/C50H33NO/c1-3-12-34(13-4-1)35-22-27-39(28-23-35)51(47-33-32-41(36-14-5-2-6-15-36)44-18-9-10-19-45(44)47)40-29-24-38(25-30-40)42-20-11-21-48-49(42)46-31-26-37-16-7-8-17-43(37)50(46)52-48/h1-33H. The van der Waals surface area contributed by atoms with Gasteiger partial charge in [-0.05, 0) is 86.6 Å². The molecule has 2 heteroatoms. The van der Waals surface area contributed by atoms with Gasteiger partial charge in [-0.25, -0.2) is 0 Å². The van der Waals surface area contributed by atoms with Crippen LogP contribution in [0, 0.1) is 0 Å². The van der Waals surface area contributed by atoms with Crippen molar-refractivity contribution in [3.8, 4) is 33.4 Å². The highest BCUT2D eigenvalue weighted by Gasteiger charge is 2.19. The Labute approximate surface area is 302 Å². The Balaban J connectivity index is 1.12. The second kappa shape index (κ2) is 12.5. The highest BCUT2D eigenvalue weighted by atomic mass is 16.3. The number of rotatable bonds is 6. The zero-order valence-corrected chi connectivity index (χ0v) is 28.4. The summed E-state index contributed by atoms with van der Waals surface area (Å²) in [5.41, 5.74) is 12.3. The minimum Gasteiger partial charge on any atom is -0.455 e. The summed E-state index contributed by atoms with van der Waals surface area (Å²) < 4.78 is 6.52. The molecule has 0 bridgehead atoms. The SMILES string of the molecule is c1ccc(-c2ccc(N(c3ccc(-c4cccc5oc6c7ccccc7ccc6c45)cc3)c3ccc(-c4ccccc4)c4ccccc34)cc2)cc1. The summed E-state index contributed by atoms with van der Waals surface area (Å²) in [6.45, 7) is 0. The molecule has 0 spiro atoms. The number of hydrogen-bond donors (Lipinski definition) is 0. The summed E-state index contributed by atoms with van der Waals surface area (Å²) in [6, 6.07) is 71.6. The van der Waals surface area contributed by atoms with Crippen molar-refractivity contribution in [2.75, 3.05) is 4.90 Å². The Bertz CT molecular complexity index is 2870. The molecule has 0 radical (unpaired) electrons. The lowest BCUT2D eigenvalue weighted by molar-refractivity contribution is 0.673. The van der Waals surface area contributed by atoms with E-state index in [0.717, 1.165) is 55.5 Å². The zero-order valence-electron chi connectivity index (χ0n) is 28.4. The first-order valence-electron chi connectivity index (χ1n) is 17.8. The Morgan fingerprint density at radius 3 is 1.63 bits per heavy atom. The van der Waals surface area contributed by atoms with Crippen LogP contribution in [0.3, 0.4) is 0 Å². The first-order valence-corrected chi connectivity index (χ1v) is 17.8. The number of benzene rings is 9. The number of hydrogen-bond acceptors (Lipinski definition) is 2. The highest BCUT2D eigenvalue weighted by Crippen LogP contribution is 2.44. The van der Waals surface area contributed by atoms with Crippen LogP contribution in [0.2, 0.25) is 0 Å². The fourth-order valence-electron chi connectivity index (χ4n) is 7.79. The van der Waals surface area contributed by atoms with Gasteiger partial charge in [-0.15, -0.1) is 0 Å². The quantitative estimate of drug-likeness (QED) is 0.176. The van der Waals surface area contributed by atoms with Gasteiger partial charge in [0.2, 0.25) is 0 Å². The van der Waals surface area contributed by atoms with Crippen molar-refractivity contribution in [2.45, 2.75) is 0 Å². The lowest BCUT2D eigenvalue weighted by atomic mass is 9.96. The molecule has 0 saturated heterocycles. The first-order chi connectivity index (χ1) is 25.8. The Morgan fingerprint density at radius 2 is 0.904 bits per heavy atom. The molecule has 0 aliphatic carbocycles. The van der Waals surface area contributed by atoms with Crippen LogP contribution in [-0.2, 0) is 0 Å². The molecule has 0 atom stereocenters. The smallest absolute Gasteiger partial charge is 0.143 e. The summed E-state index contributed by atoms with van der Waals surface area (Å²) >= 11 is 0. The summed E-state index contributed by atoms with van der Waals surface area (Å²) in [7, 11) is 0. The molecule has 0 fully saturated rings. The summed E-state index contributed by atoms with van der Waals surface area (Å²) in [6.07, 6.45) is 0. The maximum absolute atomic E-state index is 6.52. The van der Waals surface area contributed by atoms with Crippen molar-refractivity contribution in [1.29, 1.82) is 0 Å². The lowest BCUT2D eigenvalue weighted by Gasteiger charge is -2.28. The molecule has 10 rings (SSSR count). The predicted molar refractivity (Wildman–Crippen MR) is 220 cm³/mol. The molecule has 52 heavy (non-hydrogen) atoms. The minimum atomic E-state index is 0.901. The van der Waals surface area contributed by atoms with Gasteiger partial charge in [-0.1, -0.05) is 158 Å². The van der Waals surface area contributed by atoms with Crippen molar-refractivity contribution in [2.24, 2.45) is 0 Å². The molecule has 0 saturated carbocycles. The largest absolute Gasteiger partial charge is 0.455 e. The maximum Gasteiger partial charge on any atom is 0.143 e.